The molecule has 1 atom stereocenters. The number of nitrogens with one attached hydrogen (secondary N) is 1. The Morgan fingerprint density at radius 1 is 1.73 bits per heavy atom. The zero-order valence-electron chi connectivity index (χ0n) is 6.25. The van der Waals surface area contributed by atoms with E-state index in [2.05, 4.69) is 16.9 Å². The van der Waals surface area contributed by atoms with Crippen molar-refractivity contribution in [3.8, 4) is 0 Å². The fraction of sp³-hybridized carbons (Fsp3) is 0.222. The van der Waals surface area contributed by atoms with Crippen LogP contribution in [0.3, 0.4) is 0 Å². The molecule has 0 unspecified atom stereocenters. The third-order valence-corrected chi connectivity index (χ3v) is 1.89. The van der Waals surface area contributed by atoms with Gasteiger partial charge in [0.2, 0.25) is 0 Å². The molecule has 2 heteroatoms. The molecule has 1 aliphatic rings. The van der Waals surface area contributed by atoms with E-state index in [0.29, 0.717) is 6.04 Å². The number of pyridine rings is 1. The maximum Gasteiger partial charge on any atom is 0.0454 e. The minimum absolute atomic E-state index is 0.547. The highest BCUT2D eigenvalue weighted by atomic mass is 15.1. The summed E-state index contributed by atoms with van der Waals surface area (Å²) in [5.41, 5.74) is 2.46. The van der Waals surface area contributed by atoms with E-state index in [-0.39, 0.29) is 0 Å². The average Bonchev–Trinajstić information content (AvgIpc) is 2.87. The minimum Gasteiger partial charge on any atom is -0.307 e. The maximum absolute atomic E-state index is 4.03. The molecule has 2 nitrogen and oxygen atoms in total. The third kappa shape index (κ3) is 1.17. The van der Waals surface area contributed by atoms with Crippen LogP contribution < -0.4 is 5.32 Å². The number of rotatable bonds is 2. The number of nitrogens with zero attached hydrogens (tertiary/aromatic N) is 1. The SMILES string of the molecule is C=Cc1cnccc1[C@@H]1CN1. The maximum atomic E-state index is 4.03. The van der Waals surface area contributed by atoms with E-state index in [1.54, 1.807) is 0 Å². The molecule has 11 heavy (non-hydrogen) atoms. The lowest BCUT2D eigenvalue weighted by Gasteiger charge is -1.99. The Labute approximate surface area is 66.0 Å². The lowest BCUT2D eigenvalue weighted by molar-refractivity contribution is 1.06. The number of hydrogen-bond acceptors (Lipinski definition) is 2. The Balaban J connectivity index is 2.42. The Morgan fingerprint density at radius 3 is 3.18 bits per heavy atom. The van der Waals surface area contributed by atoms with E-state index < -0.39 is 0 Å². The molecule has 0 amide bonds. The summed E-state index contributed by atoms with van der Waals surface area (Å²) in [5.74, 6) is 0. The van der Waals surface area contributed by atoms with Crippen LogP contribution in [0.4, 0.5) is 0 Å². The largest absolute Gasteiger partial charge is 0.307 e. The van der Waals surface area contributed by atoms with E-state index >= 15 is 0 Å². The molecule has 2 heterocycles. The Kier molecular flexibility index (Phi) is 1.47. The summed E-state index contributed by atoms with van der Waals surface area (Å²) in [6.07, 6.45) is 5.52. The van der Waals surface area contributed by atoms with Crippen molar-refractivity contribution in [1.82, 2.24) is 10.3 Å². The highest BCUT2D eigenvalue weighted by molar-refractivity contribution is 5.52. The summed E-state index contributed by atoms with van der Waals surface area (Å²) >= 11 is 0. The number of aromatic nitrogens is 1. The lowest BCUT2D eigenvalue weighted by Crippen LogP contribution is -1.89. The standard InChI is InChI=1S/C9H10N2/c1-2-7-5-10-4-3-8(7)9-6-11-9/h2-5,9,11H,1,6H2/t9-/m0/s1. The van der Waals surface area contributed by atoms with Crippen molar-refractivity contribution >= 4 is 6.08 Å². The molecule has 0 radical (unpaired) electrons. The van der Waals surface area contributed by atoms with Crippen molar-refractivity contribution < 1.29 is 0 Å². The fourth-order valence-electron chi connectivity index (χ4n) is 1.18. The molecule has 2 rings (SSSR count). The van der Waals surface area contributed by atoms with Crippen LogP contribution in [-0.4, -0.2) is 11.5 Å². The summed E-state index contributed by atoms with van der Waals surface area (Å²) in [7, 11) is 0. The highest BCUT2D eigenvalue weighted by Gasteiger charge is 2.23. The smallest absolute Gasteiger partial charge is 0.0454 e. The predicted octanol–water partition coefficient (Wildman–Crippen LogP) is 1.37. The van der Waals surface area contributed by atoms with Crippen molar-refractivity contribution in [3.05, 3.63) is 36.2 Å². The normalized spacial score (nSPS) is 21.3. The Bertz CT molecular complexity index is 277. The topological polar surface area (TPSA) is 34.8 Å². The average molecular weight is 146 g/mol. The van der Waals surface area contributed by atoms with E-state index in [0.717, 1.165) is 12.1 Å². The molecule has 0 aromatic carbocycles. The van der Waals surface area contributed by atoms with Crippen LogP contribution in [0.1, 0.15) is 17.2 Å². The van der Waals surface area contributed by atoms with Crippen molar-refractivity contribution in [1.29, 1.82) is 0 Å². The monoisotopic (exact) mass is 146 g/mol. The van der Waals surface area contributed by atoms with Crippen LogP contribution in [-0.2, 0) is 0 Å². The molecule has 56 valence electrons. The molecular formula is C9H10N2. The van der Waals surface area contributed by atoms with E-state index in [1.165, 1.54) is 5.56 Å². The first-order valence-corrected chi connectivity index (χ1v) is 3.71. The first-order chi connectivity index (χ1) is 5.42. The van der Waals surface area contributed by atoms with Gasteiger partial charge >= 0.3 is 0 Å². The van der Waals surface area contributed by atoms with Crippen LogP contribution in [0.25, 0.3) is 6.08 Å². The molecule has 1 fully saturated rings. The fourth-order valence-corrected chi connectivity index (χ4v) is 1.18. The molecule has 0 bridgehead atoms. The van der Waals surface area contributed by atoms with Crippen LogP contribution in [0.2, 0.25) is 0 Å². The van der Waals surface area contributed by atoms with Gasteiger partial charge in [-0.25, -0.2) is 0 Å². The Hall–Kier alpha value is -1.15. The molecule has 1 N–H and O–H groups in total. The van der Waals surface area contributed by atoms with Crippen molar-refractivity contribution in [2.24, 2.45) is 0 Å². The molecule has 0 aliphatic carbocycles. The quantitative estimate of drug-likeness (QED) is 0.639. The summed E-state index contributed by atoms with van der Waals surface area (Å²) in [5, 5.41) is 3.25. The van der Waals surface area contributed by atoms with Gasteiger partial charge in [0, 0.05) is 25.0 Å². The van der Waals surface area contributed by atoms with Gasteiger partial charge in [-0.3, -0.25) is 4.98 Å². The zero-order chi connectivity index (χ0) is 7.68. The van der Waals surface area contributed by atoms with Crippen LogP contribution in [0.15, 0.2) is 25.0 Å². The van der Waals surface area contributed by atoms with Crippen molar-refractivity contribution in [2.45, 2.75) is 6.04 Å². The molecule has 1 saturated heterocycles. The van der Waals surface area contributed by atoms with E-state index in [1.807, 2.05) is 24.5 Å². The molecule has 0 saturated carbocycles. The first kappa shape index (κ1) is 6.55. The summed E-state index contributed by atoms with van der Waals surface area (Å²) < 4.78 is 0. The lowest BCUT2D eigenvalue weighted by atomic mass is 10.1. The zero-order valence-corrected chi connectivity index (χ0v) is 6.25. The van der Waals surface area contributed by atoms with Crippen LogP contribution in [0.5, 0.6) is 0 Å². The summed E-state index contributed by atoms with van der Waals surface area (Å²) in [4.78, 5) is 4.03. The molecule has 1 aliphatic heterocycles. The van der Waals surface area contributed by atoms with Gasteiger partial charge in [0.05, 0.1) is 0 Å². The molecule has 1 aromatic heterocycles. The van der Waals surface area contributed by atoms with Gasteiger partial charge in [0.15, 0.2) is 0 Å². The second-order valence-corrected chi connectivity index (χ2v) is 2.67. The van der Waals surface area contributed by atoms with Gasteiger partial charge in [-0.1, -0.05) is 12.7 Å². The second-order valence-electron chi connectivity index (χ2n) is 2.67. The van der Waals surface area contributed by atoms with Gasteiger partial charge in [-0.2, -0.15) is 0 Å². The van der Waals surface area contributed by atoms with Gasteiger partial charge in [0.1, 0.15) is 0 Å². The van der Waals surface area contributed by atoms with E-state index in [4.69, 9.17) is 0 Å². The molecular weight excluding hydrogens is 136 g/mol. The molecule has 0 spiro atoms. The summed E-state index contributed by atoms with van der Waals surface area (Å²) in [6.45, 7) is 4.82. The molecule has 1 aromatic rings. The van der Waals surface area contributed by atoms with Crippen LogP contribution >= 0.6 is 0 Å². The number of hydrogen-bond donors (Lipinski definition) is 1. The van der Waals surface area contributed by atoms with Gasteiger partial charge in [-0.05, 0) is 17.2 Å². The van der Waals surface area contributed by atoms with Crippen molar-refractivity contribution in [2.75, 3.05) is 6.54 Å². The third-order valence-electron chi connectivity index (χ3n) is 1.89. The first-order valence-electron chi connectivity index (χ1n) is 3.71. The van der Waals surface area contributed by atoms with Gasteiger partial charge in [-0.15, -0.1) is 0 Å². The predicted molar refractivity (Wildman–Crippen MR) is 45.1 cm³/mol. The van der Waals surface area contributed by atoms with Crippen molar-refractivity contribution in [3.63, 3.8) is 0 Å². The highest BCUT2D eigenvalue weighted by Crippen LogP contribution is 2.24. The second kappa shape index (κ2) is 2.47. The van der Waals surface area contributed by atoms with Crippen LogP contribution in [0, 0.1) is 0 Å². The summed E-state index contributed by atoms with van der Waals surface area (Å²) in [6, 6.07) is 2.59. The minimum atomic E-state index is 0.547. The Morgan fingerprint density at radius 2 is 2.55 bits per heavy atom. The van der Waals surface area contributed by atoms with Gasteiger partial charge in [0.25, 0.3) is 0 Å². The van der Waals surface area contributed by atoms with E-state index in [9.17, 15) is 0 Å². The van der Waals surface area contributed by atoms with Gasteiger partial charge < -0.3 is 5.32 Å².